The molecule has 0 spiro atoms. The van der Waals surface area contributed by atoms with E-state index in [1.54, 1.807) is 6.92 Å². The highest BCUT2D eigenvalue weighted by atomic mass is 16.6. The summed E-state index contributed by atoms with van der Waals surface area (Å²) in [5.74, 6) is -1.90. The fraction of sp³-hybridized carbons (Fsp3) is 0.895. The Hall–Kier alpha value is -1.10. The summed E-state index contributed by atoms with van der Waals surface area (Å²) in [5, 5.41) is 20.4. The maximum absolute atomic E-state index is 12.6. The molecule has 24 heavy (non-hydrogen) atoms. The first-order valence-electron chi connectivity index (χ1n) is 9.51. The number of rotatable bonds is 14. The highest BCUT2D eigenvalue weighted by molar-refractivity contribution is 5.85. The third-order valence-corrected chi connectivity index (χ3v) is 4.67. The smallest absolute Gasteiger partial charge is 0.348 e. The van der Waals surface area contributed by atoms with Crippen molar-refractivity contribution in [3.63, 3.8) is 0 Å². The number of hydrogen-bond donors (Lipinski definition) is 2. The average molecular weight is 344 g/mol. The van der Waals surface area contributed by atoms with Gasteiger partial charge in [0.2, 0.25) is 5.60 Å². The fourth-order valence-corrected chi connectivity index (χ4v) is 2.94. The molecule has 2 atom stereocenters. The minimum absolute atomic E-state index is 0.203. The molecule has 0 fully saturated rings. The summed E-state index contributed by atoms with van der Waals surface area (Å²) in [7, 11) is 0. The topological polar surface area (TPSA) is 83.8 Å². The Labute approximate surface area is 146 Å². The van der Waals surface area contributed by atoms with E-state index < -0.39 is 23.1 Å². The van der Waals surface area contributed by atoms with Crippen LogP contribution in [0.2, 0.25) is 0 Å². The third-order valence-electron chi connectivity index (χ3n) is 4.67. The van der Waals surface area contributed by atoms with Gasteiger partial charge in [0.25, 0.3) is 0 Å². The number of carboxylic acid groups (broad SMARTS) is 1. The predicted octanol–water partition coefficient (Wildman–Crippen LogP) is 4.45. The number of esters is 1. The molecule has 0 radical (unpaired) electrons. The minimum atomic E-state index is -1.58. The molecule has 0 aliphatic heterocycles. The van der Waals surface area contributed by atoms with E-state index in [1.807, 2.05) is 13.8 Å². The molecular weight excluding hydrogens is 308 g/mol. The van der Waals surface area contributed by atoms with Crippen LogP contribution in [0.25, 0.3) is 0 Å². The Kier molecular flexibility index (Phi) is 10.9. The Morgan fingerprint density at radius 3 is 1.79 bits per heavy atom. The number of carbonyl (C=O) groups excluding carboxylic acids is 1. The lowest BCUT2D eigenvalue weighted by Gasteiger charge is -2.33. The summed E-state index contributed by atoms with van der Waals surface area (Å²) in [5.41, 5.74) is -3.11. The van der Waals surface area contributed by atoms with Crippen LogP contribution >= 0.6 is 0 Å². The second kappa shape index (κ2) is 11.5. The standard InChI is InChI=1S/C19H36O5/c1-5-9-11-14-18(23,13-7-3)17(22)24-19(8-4,16(20)21)15-12-10-6-2/h23H,5-15H2,1-4H3,(H,20,21). The quantitative estimate of drug-likeness (QED) is 0.359. The first kappa shape index (κ1) is 22.9. The predicted molar refractivity (Wildman–Crippen MR) is 94.9 cm³/mol. The average Bonchev–Trinajstić information content (AvgIpc) is 2.54. The number of aliphatic carboxylic acids is 1. The van der Waals surface area contributed by atoms with E-state index in [0.717, 1.165) is 32.1 Å². The van der Waals surface area contributed by atoms with Crippen LogP contribution in [-0.2, 0) is 14.3 Å². The summed E-state index contributed by atoms with van der Waals surface area (Å²) < 4.78 is 5.46. The minimum Gasteiger partial charge on any atom is -0.478 e. The van der Waals surface area contributed by atoms with Gasteiger partial charge in [-0.25, -0.2) is 9.59 Å². The second-order valence-electron chi connectivity index (χ2n) is 6.74. The Balaban J connectivity index is 5.18. The van der Waals surface area contributed by atoms with Gasteiger partial charge in [-0.1, -0.05) is 59.8 Å². The maximum atomic E-state index is 12.6. The number of unbranched alkanes of at least 4 members (excludes halogenated alkanes) is 4. The van der Waals surface area contributed by atoms with Crippen LogP contribution in [0.4, 0.5) is 0 Å². The molecule has 0 aromatic heterocycles. The lowest BCUT2D eigenvalue weighted by molar-refractivity contribution is -0.195. The zero-order valence-electron chi connectivity index (χ0n) is 15.9. The van der Waals surface area contributed by atoms with Crippen molar-refractivity contribution in [2.24, 2.45) is 0 Å². The van der Waals surface area contributed by atoms with Crippen molar-refractivity contribution in [1.29, 1.82) is 0 Å². The molecule has 2 N–H and O–H groups in total. The van der Waals surface area contributed by atoms with Crippen LogP contribution < -0.4 is 0 Å². The zero-order chi connectivity index (χ0) is 18.6. The van der Waals surface area contributed by atoms with Gasteiger partial charge in [-0.2, -0.15) is 0 Å². The molecule has 0 aliphatic carbocycles. The second-order valence-corrected chi connectivity index (χ2v) is 6.74. The lowest BCUT2D eigenvalue weighted by atomic mass is 9.89. The number of hydrogen-bond acceptors (Lipinski definition) is 4. The van der Waals surface area contributed by atoms with Gasteiger partial charge in [-0.3, -0.25) is 0 Å². The van der Waals surface area contributed by atoms with Gasteiger partial charge < -0.3 is 14.9 Å². The van der Waals surface area contributed by atoms with Crippen LogP contribution in [0, 0.1) is 0 Å². The van der Waals surface area contributed by atoms with Gasteiger partial charge in [0, 0.05) is 0 Å². The van der Waals surface area contributed by atoms with Gasteiger partial charge in [0.1, 0.15) is 0 Å². The first-order valence-corrected chi connectivity index (χ1v) is 9.51. The van der Waals surface area contributed by atoms with Gasteiger partial charge in [0.15, 0.2) is 5.60 Å². The summed E-state index contributed by atoms with van der Waals surface area (Å²) in [4.78, 5) is 24.4. The van der Waals surface area contributed by atoms with Gasteiger partial charge in [0.05, 0.1) is 0 Å². The van der Waals surface area contributed by atoms with Crippen LogP contribution in [-0.4, -0.2) is 33.4 Å². The Morgan fingerprint density at radius 1 is 0.833 bits per heavy atom. The van der Waals surface area contributed by atoms with E-state index in [-0.39, 0.29) is 12.8 Å². The van der Waals surface area contributed by atoms with Gasteiger partial charge >= 0.3 is 11.9 Å². The molecule has 0 bridgehead atoms. The van der Waals surface area contributed by atoms with Crippen LogP contribution in [0.5, 0.6) is 0 Å². The molecular formula is C19H36O5. The van der Waals surface area contributed by atoms with Crippen molar-refractivity contribution >= 4 is 11.9 Å². The molecule has 2 unspecified atom stereocenters. The van der Waals surface area contributed by atoms with E-state index in [0.29, 0.717) is 25.7 Å². The molecule has 0 amide bonds. The van der Waals surface area contributed by atoms with E-state index in [1.165, 1.54) is 0 Å². The van der Waals surface area contributed by atoms with Gasteiger partial charge in [-0.15, -0.1) is 0 Å². The molecule has 0 saturated heterocycles. The van der Waals surface area contributed by atoms with Gasteiger partial charge in [-0.05, 0) is 38.5 Å². The maximum Gasteiger partial charge on any atom is 0.348 e. The molecule has 0 aromatic rings. The van der Waals surface area contributed by atoms with Crippen LogP contribution in [0.15, 0.2) is 0 Å². The van der Waals surface area contributed by atoms with E-state index in [9.17, 15) is 19.8 Å². The van der Waals surface area contributed by atoms with E-state index >= 15 is 0 Å². The van der Waals surface area contributed by atoms with E-state index in [2.05, 4.69) is 6.92 Å². The fourth-order valence-electron chi connectivity index (χ4n) is 2.94. The molecule has 0 rings (SSSR count). The normalized spacial score (nSPS) is 16.2. The largest absolute Gasteiger partial charge is 0.478 e. The lowest BCUT2D eigenvalue weighted by Crippen LogP contribution is -2.49. The third kappa shape index (κ3) is 6.80. The van der Waals surface area contributed by atoms with Crippen molar-refractivity contribution in [2.45, 2.75) is 110 Å². The molecule has 0 heterocycles. The molecule has 0 saturated carbocycles. The van der Waals surface area contributed by atoms with Crippen molar-refractivity contribution < 1.29 is 24.5 Å². The van der Waals surface area contributed by atoms with Crippen molar-refractivity contribution in [3.05, 3.63) is 0 Å². The molecule has 0 aromatic carbocycles. The molecule has 5 heteroatoms. The van der Waals surface area contributed by atoms with Crippen LogP contribution in [0.3, 0.4) is 0 Å². The highest BCUT2D eigenvalue weighted by Crippen LogP contribution is 2.30. The van der Waals surface area contributed by atoms with E-state index in [4.69, 9.17) is 4.74 Å². The first-order chi connectivity index (χ1) is 11.3. The van der Waals surface area contributed by atoms with Crippen molar-refractivity contribution in [1.82, 2.24) is 0 Å². The number of carbonyl (C=O) groups is 2. The number of aliphatic hydroxyl groups is 1. The molecule has 142 valence electrons. The van der Waals surface area contributed by atoms with Crippen LogP contribution in [0.1, 0.15) is 98.3 Å². The van der Waals surface area contributed by atoms with Crippen molar-refractivity contribution in [3.8, 4) is 0 Å². The summed E-state index contributed by atoms with van der Waals surface area (Å²) in [6.07, 6.45) is 6.93. The number of ether oxygens (including phenoxy) is 1. The highest BCUT2D eigenvalue weighted by Gasteiger charge is 2.46. The molecule has 5 nitrogen and oxygen atoms in total. The summed E-state index contributed by atoms with van der Waals surface area (Å²) in [6.45, 7) is 7.69. The summed E-state index contributed by atoms with van der Waals surface area (Å²) >= 11 is 0. The zero-order valence-corrected chi connectivity index (χ0v) is 15.9. The Morgan fingerprint density at radius 2 is 1.38 bits per heavy atom. The Bertz CT molecular complexity index is 382. The number of carboxylic acids is 1. The summed E-state index contributed by atoms with van der Waals surface area (Å²) in [6, 6.07) is 0. The molecule has 0 aliphatic rings. The van der Waals surface area contributed by atoms with Crippen molar-refractivity contribution in [2.75, 3.05) is 0 Å². The SMILES string of the molecule is CCCCCC(O)(CCC)C(=O)OC(CC)(CCCCC)C(=O)O. The monoisotopic (exact) mass is 344 g/mol.